The first kappa shape index (κ1) is 13.4. The van der Waals surface area contributed by atoms with Crippen molar-refractivity contribution in [2.75, 3.05) is 13.2 Å². The fourth-order valence-corrected chi connectivity index (χ4v) is 1.97. The van der Waals surface area contributed by atoms with Crippen molar-refractivity contribution in [3.05, 3.63) is 29.3 Å². The number of hydrogen-bond acceptors (Lipinski definition) is 3. The maximum atomic E-state index is 6.08. The Balaban J connectivity index is 2.19. The lowest BCUT2D eigenvalue weighted by atomic mass is 9.97. The quantitative estimate of drug-likeness (QED) is 0.813. The van der Waals surface area contributed by atoms with Gasteiger partial charge in [-0.15, -0.1) is 0 Å². The normalized spacial score (nSPS) is 16.9. The van der Waals surface area contributed by atoms with E-state index in [-0.39, 0.29) is 6.04 Å². The van der Waals surface area contributed by atoms with Gasteiger partial charge < -0.3 is 16.2 Å². The summed E-state index contributed by atoms with van der Waals surface area (Å²) in [7, 11) is 0. The monoisotopic (exact) mass is 248 g/mol. The molecule has 1 aliphatic carbocycles. The van der Waals surface area contributed by atoms with E-state index >= 15 is 0 Å². The standard InChI is InChI=1S/C15H24N2O/c1-10(2)12-5-6-15(18-9-11-3-4-11)13(7-12)14(17)8-16/h5-7,10-11,14H,3-4,8-9,16-17H2,1-2H3. The molecule has 4 N–H and O–H groups in total. The lowest BCUT2D eigenvalue weighted by molar-refractivity contribution is 0.295. The van der Waals surface area contributed by atoms with Crippen LogP contribution in [0.1, 0.15) is 49.8 Å². The van der Waals surface area contributed by atoms with Crippen molar-refractivity contribution >= 4 is 0 Å². The smallest absolute Gasteiger partial charge is 0.124 e. The van der Waals surface area contributed by atoms with Gasteiger partial charge >= 0.3 is 0 Å². The van der Waals surface area contributed by atoms with Gasteiger partial charge in [-0.05, 0) is 36.3 Å². The van der Waals surface area contributed by atoms with Crippen molar-refractivity contribution in [2.45, 2.75) is 38.6 Å². The van der Waals surface area contributed by atoms with Gasteiger partial charge in [0.05, 0.1) is 6.61 Å². The molecule has 0 spiro atoms. The summed E-state index contributed by atoms with van der Waals surface area (Å²) in [6, 6.07) is 6.17. The molecular formula is C15H24N2O. The second-order valence-electron chi connectivity index (χ2n) is 5.55. The predicted molar refractivity (Wildman–Crippen MR) is 74.7 cm³/mol. The summed E-state index contributed by atoms with van der Waals surface area (Å²) < 4.78 is 5.88. The highest BCUT2D eigenvalue weighted by Crippen LogP contribution is 2.32. The zero-order valence-corrected chi connectivity index (χ0v) is 11.4. The zero-order valence-electron chi connectivity index (χ0n) is 11.4. The molecule has 100 valence electrons. The number of rotatable bonds is 6. The molecule has 3 nitrogen and oxygen atoms in total. The molecule has 3 heteroatoms. The Morgan fingerprint density at radius 1 is 1.33 bits per heavy atom. The summed E-state index contributed by atoms with van der Waals surface area (Å²) >= 11 is 0. The van der Waals surface area contributed by atoms with Crippen LogP contribution in [0, 0.1) is 5.92 Å². The van der Waals surface area contributed by atoms with Crippen LogP contribution in [0.25, 0.3) is 0 Å². The third kappa shape index (κ3) is 3.24. The average molecular weight is 248 g/mol. The van der Waals surface area contributed by atoms with Crippen molar-refractivity contribution in [1.29, 1.82) is 0 Å². The van der Waals surface area contributed by atoms with Crippen molar-refractivity contribution < 1.29 is 4.74 Å². The van der Waals surface area contributed by atoms with E-state index in [0.717, 1.165) is 23.8 Å². The topological polar surface area (TPSA) is 61.3 Å². The van der Waals surface area contributed by atoms with E-state index in [1.165, 1.54) is 18.4 Å². The first-order valence-electron chi connectivity index (χ1n) is 6.84. The molecule has 1 aromatic carbocycles. The van der Waals surface area contributed by atoms with Crippen LogP contribution in [0.2, 0.25) is 0 Å². The summed E-state index contributed by atoms with van der Waals surface area (Å²) in [6.07, 6.45) is 2.59. The van der Waals surface area contributed by atoms with E-state index in [0.29, 0.717) is 12.5 Å². The summed E-state index contributed by atoms with van der Waals surface area (Å²) in [5.74, 6) is 2.15. The van der Waals surface area contributed by atoms with Crippen LogP contribution in [0.5, 0.6) is 5.75 Å². The predicted octanol–water partition coefficient (Wildman–Crippen LogP) is 2.56. The molecule has 1 fully saturated rings. The number of hydrogen-bond donors (Lipinski definition) is 2. The third-order valence-electron chi connectivity index (χ3n) is 3.53. The van der Waals surface area contributed by atoms with E-state index < -0.39 is 0 Å². The molecule has 1 aromatic rings. The zero-order chi connectivity index (χ0) is 13.1. The van der Waals surface area contributed by atoms with Crippen LogP contribution in [0.3, 0.4) is 0 Å². The summed E-state index contributed by atoms with van der Waals surface area (Å²) in [4.78, 5) is 0. The Hall–Kier alpha value is -1.06. The Morgan fingerprint density at radius 2 is 2.06 bits per heavy atom. The fourth-order valence-electron chi connectivity index (χ4n) is 1.97. The minimum atomic E-state index is -0.141. The van der Waals surface area contributed by atoms with Crippen LogP contribution >= 0.6 is 0 Å². The molecular weight excluding hydrogens is 224 g/mol. The molecule has 0 aliphatic heterocycles. The highest BCUT2D eigenvalue weighted by atomic mass is 16.5. The first-order valence-corrected chi connectivity index (χ1v) is 6.84. The van der Waals surface area contributed by atoms with Crippen LogP contribution in [-0.2, 0) is 0 Å². The van der Waals surface area contributed by atoms with E-state index in [2.05, 4.69) is 26.0 Å². The van der Waals surface area contributed by atoms with Crippen LogP contribution in [-0.4, -0.2) is 13.2 Å². The second kappa shape index (κ2) is 5.72. The van der Waals surface area contributed by atoms with E-state index in [9.17, 15) is 0 Å². The van der Waals surface area contributed by atoms with Gasteiger partial charge in [-0.1, -0.05) is 26.0 Å². The Labute approximate surface area is 110 Å². The van der Waals surface area contributed by atoms with Gasteiger partial charge in [-0.3, -0.25) is 0 Å². The number of nitrogens with two attached hydrogens (primary N) is 2. The summed E-state index contributed by atoms with van der Waals surface area (Å²) in [5, 5.41) is 0. The average Bonchev–Trinajstić information content (AvgIpc) is 3.19. The van der Waals surface area contributed by atoms with Crippen LogP contribution in [0.15, 0.2) is 18.2 Å². The molecule has 0 heterocycles. The molecule has 0 radical (unpaired) electrons. The fraction of sp³-hybridized carbons (Fsp3) is 0.600. The first-order chi connectivity index (χ1) is 8.61. The molecule has 0 aromatic heterocycles. The largest absolute Gasteiger partial charge is 0.493 e. The maximum absolute atomic E-state index is 6.08. The van der Waals surface area contributed by atoms with Gasteiger partial charge in [0.25, 0.3) is 0 Å². The van der Waals surface area contributed by atoms with Gasteiger partial charge in [0.15, 0.2) is 0 Å². The van der Waals surface area contributed by atoms with Gasteiger partial charge in [0, 0.05) is 18.2 Å². The summed E-state index contributed by atoms with van der Waals surface area (Å²) in [6.45, 7) is 5.61. The van der Waals surface area contributed by atoms with E-state index in [4.69, 9.17) is 16.2 Å². The van der Waals surface area contributed by atoms with Gasteiger partial charge in [-0.2, -0.15) is 0 Å². The second-order valence-corrected chi connectivity index (χ2v) is 5.55. The van der Waals surface area contributed by atoms with E-state index in [1.807, 2.05) is 6.07 Å². The maximum Gasteiger partial charge on any atom is 0.124 e. The highest BCUT2D eigenvalue weighted by Gasteiger charge is 2.23. The molecule has 0 bridgehead atoms. The van der Waals surface area contributed by atoms with Crippen molar-refractivity contribution in [1.82, 2.24) is 0 Å². The molecule has 1 aliphatic rings. The minimum Gasteiger partial charge on any atom is -0.493 e. The Bertz CT molecular complexity index is 399. The Kier molecular flexibility index (Phi) is 4.25. The van der Waals surface area contributed by atoms with Gasteiger partial charge in [0.2, 0.25) is 0 Å². The molecule has 1 unspecified atom stereocenters. The molecule has 0 saturated heterocycles. The molecule has 1 atom stereocenters. The minimum absolute atomic E-state index is 0.141. The lowest BCUT2D eigenvalue weighted by Gasteiger charge is -2.18. The van der Waals surface area contributed by atoms with Crippen LogP contribution in [0.4, 0.5) is 0 Å². The number of ether oxygens (including phenoxy) is 1. The number of benzene rings is 1. The molecule has 1 saturated carbocycles. The van der Waals surface area contributed by atoms with Gasteiger partial charge in [0.1, 0.15) is 5.75 Å². The van der Waals surface area contributed by atoms with Crippen LogP contribution < -0.4 is 16.2 Å². The van der Waals surface area contributed by atoms with Crippen molar-refractivity contribution in [2.24, 2.45) is 17.4 Å². The summed E-state index contributed by atoms with van der Waals surface area (Å²) in [5.41, 5.74) is 14.1. The molecule has 0 amide bonds. The lowest BCUT2D eigenvalue weighted by Crippen LogP contribution is -2.22. The van der Waals surface area contributed by atoms with Crippen molar-refractivity contribution in [3.8, 4) is 5.75 Å². The van der Waals surface area contributed by atoms with Gasteiger partial charge in [-0.25, -0.2) is 0 Å². The third-order valence-corrected chi connectivity index (χ3v) is 3.53. The Morgan fingerprint density at radius 3 is 2.61 bits per heavy atom. The highest BCUT2D eigenvalue weighted by molar-refractivity contribution is 5.40. The molecule has 2 rings (SSSR count). The molecule has 18 heavy (non-hydrogen) atoms. The van der Waals surface area contributed by atoms with Crippen molar-refractivity contribution in [3.63, 3.8) is 0 Å². The SMILES string of the molecule is CC(C)c1ccc(OCC2CC2)c(C(N)CN)c1. The van der Waals surface area contributed by atoms with E-state index in [1.54, 1.807) is 0 Å².